The molecule has 7 heteroatoms. The lowest BCUT2D eigenvalue weighted by Crippen LogP contribution is -2.37. The zero-order valence-electron chi connectivity index (χ0n) is 20.3. The highest BCUT2D eigenvalue weighted by molar-refractivity contribution is 5.89. The van der Waals surface area contributed by atoms with Crippen molar-refractivity contribution in [3.05, 3.63) is 45.7 Å². The van der Waals surface area contributed by atoms with Crippen LogP contribution < -0.4 is 15.1 Å². The summed E-state index contributed by atoms with van der Waals surface area (Å²) >= 11 is 0. The van der Waals surface area contributed by atoms with Crippen LogP contribution in [-0.2, 0) is 15.9 Å². The molecule has 1 fully saturated rings. The Hall–Kier alpha value is -2.80. The summed E-state index contributed by atoms with van der Waals surface area (Å²) in [5.41, 5.74) is 3.52. The maximum atomic E-state index is 13.0. The fourth-order valence-electron chi connectivity index (χ4n) is 5.20. The van der Waals surface area contributed by atoms with Crippen molar-refractivity contribution in [3.63, 3.8) is 0 Å². The number of pyridine rings is 1. The molecule has 2 aliphatic rings. The van der Waals surface area contributed by atoms with Gasteiger partial charge < -0.3 is 23.7 Å². The number of ether oxygens (including phenoxy) is 3. The zero-order valence-corrected chi connectivity index (χ0v) is 20.3. The topological polar surface area (TPSA) is 70.0 Å². The van der Waals surface area contributed by atoms with Gasteiger partial charge in [0.25, 0.3) is 0 Å². The predicted octanol–water partition coefficient (Wildman–Crippen LogP) is 4.07. The van der Waals surface area contributed by atoms with Gasteiger partial charge in [-0.1, -0.05) is 13.8 Å². The summed E-state index contributed by atoms with van der Waals surface area (Å²) in [5.74, 6) is 0.215. The molecule has 0 saturated carbocycles. The number of nitrogens with zero attached hydrogens (tertiary/aromatic N) is 2. The molecule has 0 spiro atoms. The minimum atomic E-state index is -0.589. The second-order valence-corrected chi connectivity index (χ2v) is 9.58. The molecular weight excluding hydrogens is 420 g/mol. The van der Waals surface area contributed by atoms with Gasteiger partial charge in [0.2, 0.25) is 0 Å². The predicted molar refractivity (Wildman–Crippen MR) is 128 cm³/mol. The van der Waals surface area contributed by atoms with E-state index in [2.05, 4.69) is 29.4 Å². The van der Waals surface area contributed by atoms with Gasteiger partial charge in [-0.25, -0.2) is 4.79 Å². The summed E-state index contributed by atoms with van der Waals surface area (Å²) in [6, 6.07) is 5.82. The third kappa shape index (κ3) is 4.26. The quantitative estimate of drug-likeness (QED) is 0.588. The van der Waals surface area contributed by atoms with Gasteiger partial charge in [0, 0.05) is 49.5 Å². The molecule has 1 saturated heterocycles. The number of methoxy groups -OCH3 is 2. The second kappa shape index (κ2) is 9.21. The van der Waals surface area contributed by atoms with Crippen LogP contribution in [0.2, 0.25) is 0 Å². The van der Waals surface area contributed by atoms with Crippen LogP contribution in [0.25, 0.3) is 11.3 Å². The van der Waals surface area contributed by atoms with E-state index in [0.29, 0.717) is 6.61 Å². The van der Waals surface area contributed by atoms with E-state index < -0.39 is 5.97 Å². The number of hydrogen-bond donors (Lipinski definition) is 0. The second-order valence-electron chi connectivity index (χ2n) is 9.58. The van der Waals surface area contributed by atoms with Crippen molar-refractivity contribution in [2.45, 2.75) is 46.1 Å². The lowest BCUT2D eigenvalue weighted by Gasteiger charge is -2.41. The van der Waals surface area contributed by atoms with Crippen molar-refractivity contribution < 1.29 is 19.0 Å². The van der Waals surface area contributed by atoms with Crippen LogP contribution in [0.1, 0.15) is 55.6 Å². The molecular formula is C26H34N2O5. The highest BCUT2D eigenvalue weighted by atomic mass is 16.5. The van der Waals surface area contributed by atoms with Crippen molar-refractivity contribution in [3.8, 4) is 17.0 Å². The first-order chi connectivity index (χ1) is 15.8. The van der Waals surface area contributed by atoms with Crippen molar-refractivity contribution >= 4 is 11.7 Å². The van der Waals surface area contributed by atoms with Crippen molar-refractivity contribution in [1.29, 1.82) is 0 Å². The maximum absolute atomic E-state index is 13.0. The molecule has 178 valence electrons. The van der Waals surface area contributed by atoms with E-state index in [4.69, 9.17) is 14.2 Å². The molecule has 1 atom stereocenters. The summed E-state index contributed by atoms with van der Waals surface area (Å²) in [7, 11) is 3.39. The SMILES string of the molecule is CCOC(=O)c1cn2c(cc1=O)-c1cc(OC)c(N3CCCC3)cc1CC2C(C)(C)COC. The fourth-order valence-corrected chi connectivity index (χ4v) is 5.20. The largest absolute Gasteiger partial charge is 0.495 e. The van der Waals surface area contributed by atoms with Gasteiger partial charge in [0.05, 0.1) is 31.7 Å². The standard InChI is InChI=1S/C26H34N2O5/c1-6-33-25(30)19-15-28-20(14-22(19)29)18-13-23(32-5)21(27-9-7-8-10-27)11-17(18)12-24(28)26(2,3)16-31-4/h11,13-15,24H,6-10,12,16H2,1-5H3. The molecule has 1 aromatic heterocycles. The number of aromatic nitrogens is 1. The lowest BCUT2D eigenvalue weighted by atomic mass is 9.77. The Morgan fingerprint density at radius 2 is 1.88 bits per heavy atom. The van der Waals surface area contributed by atoms with Crippen LogP contribution in [0.15, 0.2) is 29.2 Å². The van der Waals surface area contributed by atoms with Crippen LogP contribution in [0.3, 0.4) is 0 Å². The summed E-state index contributed by atoms with van der Waals surface area (Å²) in [5, 5.41) is 0. The molecule has 1 unspecified atom stereocenters. The smallest absolute Gasteiger partial charge is 0.343 e. The van der Waals surface area contributed by atoms with Gasteiger partial charge >= 0.3 is 5.97 Å². The average Bonchev–Trinajstić information content (AvgIpc) is 3.32. The van der Waals surface area contributed by atoms with Crippen LogP contribution in [0.5, 0.6) is 5.75 Å². The Balaban J connectivity index is 1.92. The molecule has 0 amide bonds. The number of benzene rings is 1. The van der Waals surface area contributed by atoms with Gasteiger partial charge in [0.1, 0.15) is 11.3 Å². The Kier molecular flexibility index (Phi) is 6.52. The van der Waals surface area contributed by atoms with E-state index >= 15 is 0 Å². The molecule has 0 aliphatic carbocycles. The summed E-state index contributed by atoms with van der Waals surface area (Å²) < 4.78 is 18.5. The van der Waals surface area contributed by atoms with E-state index in [1.54, 1.807) is 33.4 Å². The third-order valence-electron chi connectivity index (χ3n) is 6.87. The Bertz CT molecular complexity index is 1100. The normalized spacial score (nSPS) is 17.5. The van der Waals surface area contributed by atoms with Crippen molar-refractivity contribution in [2.75, 3.05) is 45.4 Å². The first kappa shape index (κ1) is 23.4. The minimum Gasteiger partial charge on any atom is -0.495 e. The summed E-state index contributed by atoms with van der Waals surface area (Å²) in [6.07, 6.45) is 4.79. The third-order valence-corrected chi connectivity index (χ3v) is 6.87. The van der Waals surface area contributed by atoms with E-state index in [1.165, 1.54) is 18.4 Å². The molecule has 2 aliphatic heterocycles. The van der Waals surface area contributed by atoms with Crippen LogP contribution >= 0.6 is 0 Å². The number of rotatable bonds is 7. The first-order valence-corrected chi connectivity index (χ1v) is 11.7. The number of fused-ring (bicyclic) bond motifs is 3. The number of esters is 1. The molecule has 0 bridgehead atoms. The minimum absolute atomic E-state index is 0.00597. The van der Waals surface area contributed by atoms with Crippen molar-refractivity contribution in [2.24, 2.45) is 5.41 Å². The summed E-state index contributed by atoms with van der Waals surface area (Å²) in [4.78, 5) is 27.8. The zero-order chi connectivity index (χ0) is 23.8. The van der Waals surface area contributed by atoms with Gasteiger partial charge in [-0.3, -0.25) is 4.79 Å². The Morgan fingerprint density at radius 3 is 2.52 bits per heavy atom. The molecule has 3 heterocycles. The van der Waals surface area contributed by atoms with Crippen molar-refractivity contribution in [1.82, 2.24) is 4.57 Å². The first-order valence-electron chi connectivity index (χ1n) is 11.7. The number of hydrogen-bond acceptors (Lipinski definition) is 6. The molecule has 1 aromatic carbocycles. The van der Waals surface area contributed by atoms with Crippen LogP contribution in [0.4, 0.5) is 5.69 Å². The van der Waals surface area contributed by atoms with Gasteiger partial charge in [0.15, 0.2) is 5.43 Å². The van der Waals surface area contributed by atoms with E-state index in [0.717, 1.165) is 42.2 Å². The van der Waals surface area contributed by atoms with E-state index in [-0.39, 0.29) is 29.1 Å². The Labute approximate surface area is 195 Å². The van der Waals surface area contributed by atoms with Crippen LogP contribution in [0, 0.1) is 5.41 Å². The van der Waals surface area contributed by atoms with E-state index in [9.17, 15) is 9.59 Å². The van der Waals surface area contributed by atoms with Crippen LogP contribution in [-0.4, -0.2) is 51.1 Å². The lowest BCUT2D eigenvalue weighted by molar-refractivity contribution is 0.0516. The van der Waals surface area contributed by atoms with Gasteiger partial charge in [-0.15, -0.1) is 0 Å². The number of anilines is 1. The number of carbonyl (C=O) groups excluding carboxylic acids is 1. The monoisotopic (exact) mass is 454 g/mol. The van der Waals surface area contributed by atoms with E-state index in [1.807, 2.05) is 6.07 Å². The highest BCUT2D eigenvalue weighted by Crippen LogP contribution is 2.46. The molecule has 0 N–H and O–H groups in total. The maximum Gasteiger partial charge on any atom is 0.343 e. The van der Waals surface area contributed by atoms with Gasteiger partial charge in [-0.05, 0) is 43.9 Å². The Morgan fingerprint density at radius 1 is 1.15 bits per heavy atom. The fraction of sp³-hybridized carbons (Fsp3) is 0.538. The highest BCUT2D eigenvalue weighted by Gasteiger charge is 2.37. The molecule has 4 rings (SSSR count). The average molecular weight is 455 g/mol. The molecule has 7 nitrogen and oxygen atoms in total. The molecule has 2 aromatic rings. The molecule has 0 radical (unpaired) electrons. The molecule has 33 heavy (non-hydrogen) atoms. The summed E-state index contributed by atoms with van der Waals surface area (Å²) in [6.45, 7) is 8.85. The number of carbonyl (C=O) groups is 1. The van der Waals surface area contributed by atoms with Gasteiger partial charge in [-0.2, -0.15) is 0 Å².